The number of halogens is 3. The van der Waals surface area contributed by atoms with Crippen molar-refractivity contribution in [3.05, 3.63) is 11.1 Å². The summed E-state index contributed by atoms with van der Waals surface area (Å²) >= 11 is 1.25. The van der Waals surface area contributed by atoms with E-state index in [1.165, 1.54) is 16.2 Å². The number of nitrogens with one attached hydrogen (secondary N) is 1. The van der Waals surface area contributed by atoms with Crippen LogP contribution >= 0.6 is 11.3 Å². The van der Waals surface area contributed by atoms with Crippen LogP contribution in [0.25, 0.3) is 0 Å². The van der Waals surface area contributed by atoms with Crippen molar-refractivity contribution in [2.24, 2.45) is 0 Å². The maximum Gasteiger partial charge on any atom is 0.406 e. The highest BCUT2D eigenvalue weighted by Crippen LogP contribution is 2.27. The van der Waals surface area contributed by atoms with Gasteiger partial charge in [-0.25, -0.2) is 4.98 Å². The molecule has 19 heavy (non-hydrogen) atoms. The minimum absolute atomic E-state index is 0.237. The highest BCUT2D eigenvalue weighted by molar-refractivity contribution is 7.13. The molecular formula is C12H20F3N3S. The van der Waals surface area contributed by atoms with Crippen LogP contribution in [0.15, 0.2) is 5.38 Å². The normalized spacial score (nSPS) is 12.5. The largest absolute Gasteiger partial charge is 0.406 e. The Kier molecular flexibility index (Phi) is 5.61. The van der Waals surface area contributed by atoms with Crippen molar-refractivity contribution in [3.63, 3.8) is 0 Å². The van der Waals surface area contributed by atoms with Gasteiger partial charge in [-0.15, -0.1) is 11.3 Å². The predicted molar refractivity (Wildman–Crippen MR) is 72.6 cm³/mol. The second-order valence-electron chi connectivity index (χ2n) is 4.99. The van der Waals surface area contributed by atoms with Gasteiger partial charge in [-0.3, -0.25) is 0 Å². The number of anilines is 1. The lowest BCUT2D eigenvalue weighted by atomic mass is 10.3. The van der Waals surface area contributed by atoms with E-state index in [9.17, 15) is 13.2 Å². The van der Waals surface area contributed by atoms with Crippen LogP contribution in [0.1, 0.15) is 33.4 Å². The van der Waals surface area contributed by atoms with Gasteiger partial charge in [0.25, 0.3) is 0 Å². The van der Waals surface area contributed by atoms with E-state index in [-0.39, 0.29) is 6.04 Å². The molecule has 1 rings (SSSR count). The van der Waals surface area contributed by atoms with Gasteiger partial charge in [-0.1, -0.05) is 13.8 Å². The molecule has 0 radical (unpaired) electrons. The van der Waals surface area contributed by atoms with E-state index in [4.69, 9.17) is 0 Å². The monoisotopic (exact) mass is 295 g/mol. The van der Waals surface area contributed by atoms with Gasteiger partial charge in [0.2, 0.25) is 0 Å². The third kappa shape index (κ3) is 5.78. The first-order valence-electron chi connectivity index (χ1n) is 6.20. The van der Waals surface area contributed by atoms with Crippen molar-refractivity contribution >= 4 is 16.5 Å². The summed E-state index contributed by atoms with van der Waals surface area (Å²) in [4.78, 5) is 5.55. The van der Waals surface area contributed by atoms with Gasteiger partial charge in [0.15, 0.2) is 5.13 Å². The van der Waals surface area contributed by atoms with E-state index >= 15 is 0 Å². The average Bonchev–Trinajstić information content (AvgIpc) is 2.69. The standard InChI is InChI=1S/C12H20F3N3S/c1-8(2)16-5-10-6-19-11(17-10)18(9(3)4)7-12(13,14)15/h6,8-9,16H,5,7H2,1-4H3. The SMILES string of the molecule is CC(C)NCc1csc(N(CC(F)(F)F)C(C)C)n1. The molecule has 0 aliphatic carbocycles. The Morgan fingerprint density at radius 3 is 2.42 bits per heavy atom. The molecule has 0 aromatic carbocycles. The van der Waals surface area contributed by atoms with E-state index in [1.54, 1.807) is 19.2 Å². The number of hydrogen-bond acceptors (Lipinski definition) is 4. The molecule has 0 spiro atoms. The van der Waals surface area contributed by atoms with Crippen molar-refractivity contribution < 1.29 is 13.2 Å². The molecule has 1 aromatic rings. The van der Waals surface area contributed by atoms with Crippen LogP contribution in [0.3, 0.4) is 0 Å². The predicted octanol–water partition coefficient (Wildman–Crippen LogP) is 3.42. The zero-order valence-corrected chi connectivity index (χ0v) is 12.4. The third-order valence-electron chi connectivity index (χ3n) is 2.45. The second kappa shape index (κ2) is 6.56. The molecule has 7 heteroatoms. The summed E-state index contributed by atoms with van der Waals surface area (Å²) in [6.45, 7) is 7.11. The molecule has 0 saturated carbocycles. The summed E-state index contributed by atoms with van der Waals surface area (Å²) in [7, 11) is 0. The minimum atomic E-state index is -4.22. The lowest BCUT2D eigenvalue weighted by Gasteiger charge is -2.27. The van der Waals surface area contributed by atoms with Gasteiger partial charge in [0.1, 0.15) is 6.54 Å². The lowest BCUT2D eigenvalue weighted by Crippen LogP contribution is -2.39. The van der Waals surface area contributed by atoms with Crippen LogP contribution in [0.4, 0.5) is 18.3 Å². The number of rotatable bonds is 6. The molecule has 110 valence electrons. The molecule has 0 fully saturated rings. The topological polar surface area (TPSA) is 28.2 Å². The Balaban J connectivity index is 2.75. The van der Waals surface area contributed by atoms with Gasteiger partial charge in [-0.2, -0.15) is 13.2 Å². The van der Waals surface area contributed by atoms with E-state index in [0.717, 1.165) is 5.69 Å². The zero-order valence-electron chi connectivity index (χ0n) is 11.6. The summed E-state index contributed by atoms with van der Waals surface area (Å²) in [5, 5.41) is 5.42. The first-order valence-corrected chi connectivity index (χ1v) is 7.08. The second-order valence-corrected chi connectivity index (χ2v) is 5.83. The first kappa shape index (κ1) is 16.2. The highest BCUT2D eigenvalue weighted by Gasteiger charge is 2.33. The van der Waals surface area contributed by atoms with Crippen LogP contribution in [0.2, 0.25) is 0 Å². The fourth-order valence-electron chi connectivity index (χ4n) is 1.48. The van der Waals surface area contributed by atoms with E-state index in [0.29, 0.717) is 17.7 Å². The maximum atomic E-state index is 12.5. The Bertz CT molecular complexity index is 388. The molecule has 1 heterocycles. The number of nitrogens with zero attached hydrogens (tertiary/aromatic N) is 2. The summed E-state index contributed by atoms with van der Waals surface area (Å²) < 4.78 is 37.6. The van der Waals surface area contributed by atoms with Crippen molar-refractivity contribution in [2.45, 2.75) is 52.5 Å². The Labute approximate surface area is 115 Å². The molecular weight excluding hydrogens is 275 g/mol. The van der Waals surface area contributed by atoms with Crippen LogP contribution in [-0.4, -0.2) is 29.8 Å². The molecule has 0 saturated heterocycles. The molecule has 0 bridgehead atoms. The number of hydrogen-bond donors (Lipinski definition) is 1. The molecule has 1 aromatic heterocycles. The van der Waals surface area contributed by atoms with Crippen molar-refractivity contribution in [2.75, 3.05) is 11.4 Å². The smallest absolute Gasteiger partial charge is 0.337 e. The van der Waals surface area contributed by atoms with Gasteiger partial charge in [0, 0.05) is 24.0 Å². The molecule has 0 aliphatic rings. The Hall–Kier alpha value is -0.820. The minimum Gasteiger partial charge on any atom is -0.337 e. The van der Waals surface area contributed by atoms with Gasteiger partial charge >= 0.3 is 6.18 Å². The first-order chi connectivity index (χ1) is 8.69. The van der Waals surface area contributed by atoms with Crippen LogP contribution in [0.5, 0.6) is 0 Å². The number of alkyl halides is 3. The zero-order chi connectivity index (χ0) is 14.6. The summed E-state index contributed by atoms with van der Waals surface area (Å²) in [6.07, 6.45) is -4.22. The van der Waals surface area contributed by atoms with Crippen LogP contribution < -0.4 is 10.2 Å². The van der Waals surface area contributed by atoms with Crippen molar-refractivity contribution in [3.8, 4) is 0 Å². The summed E-state index contributed by atoms with van der Waals surface area (Å²) in [5.41, 5.74) is 0.779. The average molecular weight is 295 g/mol. The van der Waals surface area contributed by atoms with E-state index in [1.807, 2.05) is 13.8 Å². The van der Waals surface area contributed by atoms with E-state index in [2.05, 4.69) is 10.3 Å². The molecule has 1 N–H and O–H groups in total. The fourth-order valence-corrected chi connectivity index (χ4v) is 2.44. The van der Waals surface area contributed by atoms with Crippen molar-refractivity contribution in [1.29, 1.82) is 0 Å². The Morgan fingerprint density at radius 1 is 1.32 bits per heavy atom. The van der Waals surface area contributed by atoms with Crippen LogP contribution in [-0.2, 0) is 6.54 Å². The quantitative estimate of drug-likeness (QED) is 0.871. The van der Waals surface area contributed by atoms with Gasteiger partial charge < -0.3 is 10.2 Å². The number of aromatic nitrogens is 1. The van der Waals surface area contributed by atoms with Crippen molar-refractivity contribution in [1.82, 2.24) is 10.3 Å². The molecule has 0 aliphatic heterocycles. The maximum absolute atomic E-state index is 12.5. The summed E-state index contributed by atoms with van der Waals surface area (Å²) in [6, 6.07) is 0.0835. The molecule has 0 atom stereocenters. The Morgan fingerprint density at radius 2 is 1.95 bits per heavy atom. The van der Waals surface area contributed by atoms with Crippen LogP contribution in [0, 0.1) is 0 Å². The molecule has 3 nitrogen and oxygen atoms in total. The molecule has 0 amide bonds. The summed E-state index contributed by atoms with van der Waals surface area (Å²) in [5.74, 6) is 0. The highest BCUT2D eigenvalue weighted by atomic mass is 32.1. The fraction of sp³-hybridized carbons (Fsp3) is 0.750. The van der Waals surface area contributed by atoms with Gasteiger partial charge in [-0.05, 0) is 13.8 Å². The molecule has 0 unspecified atom stereocenters. The third-order valence-corrected chi connectivity index (χ3v) is 3.38. The van der Waals surface area contributed by atoms with E-state index < -0.39 is 12.7 Å². The number of thiazole rings is 1. The van der Waals surface area contributed by atoms with Gasteiger partial charge in [0.05, 0.1) is 5.69 Å². The lowest BCUT2D eigenvalue weighted by molar-refractivity contribution is -0.120.